The quantitative estimate of drug-likeness (QED) is 0.495. The predicted octanol–water partition coefficient (Wildman–Crippen LogP) is 7.25. The molecule has 1 aliphatic rings. The second-order valence-corrected chi connectivity index (χ2v) is 11.4. The van der Waals surface area contributed by atoms with E-state index >= 15 is 0 Å². The van der Waals surface area contributed by atoms with Crippen LogP contribution in [-0.2, 0) is 6.42 Å². The van der Waals surface area contributed by atoms with Crippen LogP contribution < -0.4 is 0 Å². The summed E-state index contributed by atoms with van der Waals surface area (Å²) in [6.45, 7) is 4.85. The summed E-state index contributed by atoms with van der Waals surface area (Å²) < 4.78 is 0. The molecular formula is C22H28ClSi. The van der Waals surface area contributed by atoms with Gasteiger partial charge in [0.25, 0.3) is 0 Å². The van der Waals surface area contributed by atoms with E-state index in [0.717, 1.165) is 16.5 Å². The third kappa shape index (κ3) is 4.74. The zero-order valence-corrected chi connectivity index (χ0v) is 16.7. The van der Waals surface area contributed by atoms with Crippen LogP contribution in [0.5, 0.6) is 0 Å². The molecule has 1 heterocycles. The molecule has 0 unspecified atom stereocenters. The lowest BCUT2D eigenvalue weighted by molar-refractivity contribution is 0.436. The van der Waals surface area contributed by atoms with E-state index in [1.165, 1.54) is 42.4 Å². The Labute approximate surface area is 153 Å². The topological polar surface area (TPSA) is 0 Å². The Hall–Kier alpha value is -1.05. The van der Waals surface area contributed by atoms with Gasteiger partial charge in [0.2, 0.25) is 0 Å². The van der Waals surface area contributed by atoms with E-state index in [2.05, 4.69) is 50.2 Å². The second-order valence-electron chi connectivity index (χ2n) is 7.50. The van der Waals surface area contributed by atoms with Gasteiger partial charge in [0.15, 0.2) is 0 Å². The molecule has 3 rings (SSSR count). The Balaban J connectivity index is 1.51. The highest BCUT2D eigenvalue weighted by atomic mass is 35.5. The minimum absolute atomic E-state index is 0.0279. The fourth-order valence-electron chi connectivity index (χ4n) is 3.79. The van der Waals surface area contributed by atoms with Gasteiger partial charge in [-0.05, 0) is 47.6 Å². The standard InChI is InChI=1S/C22H28ClSi/c1-17(2)24-15-13-19(14-16-24)4-3-18-5-7-20(8-6-18)21-9-11-22(23)12-10-21/h5-12,17,19H,3-4,13-16H2,1-2H3. The van der Waals surface area contributed by atoms with Gasteiger partial charge < -0.3 is 0 Å². The predicted molar refractivity (Wildman–Crippen MR) is 108 cm³/mol. The minimum Gasteiger partial charge on any atom is -0.0843 e. The lowest BCUT2D eigenvalue weighted by Crippen LogP contribution is -2.24. The molecule has 2 aromatic carbocycles. The molecule has 127 valence electrons. The number of benzene rings is 2. The molecule has 1 fully saturated rings. The summed E-state index contributed by atoms with van der Waals surface area (Å²) in [7, 11) is -0.0279. The van der Waals surface area contributed by atoms with E-state index in [4.69, 9.17) is 11.6 Å². The molecule has 2 heteroatoms. The third-order valence-corrected chi connectivity index (χ3v) is 9.28. The Morgan fingerprint density at radius 1 is 0.917 bits per heavy atom. The maximum absolute atomic E-state index is 5.97. The molecule has 1 saturated heterocycles. The maximum atomic E-state index is 5.97. The van der Waals surface area contributed by atoms with Crippen LogP contribution in [0.15, 0.2) is 48.5 Å². The van der Waals surface area contributed by atoms with Crippen LogP contribution in [0.4, 0.5) is 0 Å². The number of aryl methyl sites for hydroxylation is 1. The summed E-state index contributed by atoms with van der Waals surface area (Å²) in [4.78, 5) is 0. The summed E-state index contributed by atoms with van der Waals surface area (Å²) in [5.41, 5.74) is 4.96. The van der Waals surface area contributed by atoms with Gasteiger partial charge in [0.05, 0.1) is 8.80 Å². The molecule has 0 bridgehead atoms. The van der Waals surface area contributed by atoms with E-state index in [9.17, 15) is 0 Å². The largest absolute Gasteiger partial charge is 0.0843 e. The lowest BCUT2D eigenvalue weighted by atomic mass is 9.93. The second kappa shape index (κ2) is 8.36. The van der Waals surface area contributed by atoms with Crippen LogP contribution >= 0.6 is 11.6 Å². The van der Waals surface area contributed by atoms with Crippen molar-refractivity contribution in [3.63, 3.8) is 0 Å². The Morgan fingerprint density at radius 3 is 2.00 bits per heavy atom. The summed E-state index contributed by atoms with van der Waals surface area (Å²) >= 11 is 5.97. The molecule has 0 aromatic heterocycles. The average molecular weight is 356 g/mol. The molecule has 0 saturated carbocycles. The summed E-state index contributed by atoms with van der Waals surface area (Å²) in [6, 6.07) is 20.3. The van der Waals surface area contributed by atoms with Gasteiger partial charge in [-0.25, -0.2) is 0 Å². The first-order valence-corrected chi connectivity index (χ1v) is 11.7. The highest BCUT2D eigenvalue weighted by Crippen LogP contribution is 2.33. The van der Waals surface area contributed by atoms with E-state index in [0.29, 0.717) is 0 Å². The first-order valence-electron chi connectivity index (χ1n) is 9.31. The number of halogens is 1. The molecule has 0 aliphatic carbocycles. The van der Waals surface area contributed by atoms with E-state index in [-0.39, 0.29) is 8.80 Å². The number of rotatable bonds is 5. The van der Waals surface area contributed by atoms with Crippen molar-refractivity contribution < 1.29 is 0 Å². The first kappa shape index (κ1) is 17.8. The van der Waals surface area contributed by atoms with Crippen molar-refractivity contribution in [2.24, 2.45) is 5.92 Å². The van der Waals surface area contributed by atoms with Gasteiger partial charge in [-0.15, -0.1) is 0 Å². The molecule has 0 N–H and O–H groups in total. The Morgan fingerprint density at radius 2 is 1.46 bits per heavy atom. The van der Waals surface area contributed by atoms with Crippen LogP contribution in [0, 0.1) is 5.92 Å². The normalized spacial score (nSPS) is 16.7. The van der Waals surface area contributed by atoms with E-state index < -0.39 is 0 Å². The smallest absolute Gasteiger partial charge is 0.0506 e. The minimum atomic E-state index is -0.0279. The van der Waals surface area contributed by atoms with Gasteiger partial charge >= 0.3 is 0 Å². The van der Waals surface area contributed by atoms with Gasteiger partial charge in [-0.3, -0.25) is 0 Å². The average Bonchev–Trinajstić information content (AvgIpc) is 2.61. The fraction of sp³-hybridized carbons (Fsp3) is 0.455. The molecule has 0 atom stereocenters. The molecule has 2 aromatic rings. The van der Waals surface area contributed by atoms with Gasteiger partial charge in [0, 0.05) is 5.02 Å². The van der Waals surface area contributed by atoms with Crippen molar-refractivity contribution in [2.75, 3.05) is 0 Å². The van der Waals surface area contributed by atoms with E-state index in [1.54, 1.807) is 12.1 Å². The van der Waals surface area contributed by atoms with Crippen LogP contribution in [-0.4, -0.2) is 8.80 Å². The Bertz CT molecular complexity index is 622. The fourth-order valence-corrected chi connectivity index (χ4v) is 6.88. The first-order chi connectivity index (χ1) is 11.6. The van der Waals surface area contributed by atoms with Crippen molar-refractivity contribution in [3.05, 3.63) is 59.1 Å². The van der Waals surface area contributed by atoms with Gasteiger partial charge in [-0.1, -0.05) is 92.3 Å². The Kier molecular flexibility index (Phi) is 6.18. The van der Waals surface area contributed by atoms with Crippen molar-refractivity contribution in [2.45, 2.75) is 57.2 Å². The summed E-state index contributed by atoms with van der Waals surface area (Å²) in [6.07, 6.45) is 5.56. The van der Waals surface area contributed by atoms with E-state index in [1.807, 2.05) is 12.1 Å². The SMILES string of the molecule is CC(C)[Si]1CCC(CCc2ccc(-c3ccc(Cl)cc3)cc2)CC1. The van der Waals surface area contributed by atoms with Crippen LogP contribution in [0.25, 0.3) is 11.1 Å². The highest BCUT2D eigenvalue weighted by Gasteiger charge is 2.24. The monoisotopic (exact) mass is 355 g/mol. The van der Waals surface area contributed by atoms with Crippen molar-refractivity contribution in [1.29, 1.82) is 0 Å². The van der Waals surface area contributed by atoms with Crippen molar-refractivity contribution in [3.8, 4) is 11.1 Å². The number of hydrogen-bond acceptors (Lipinski definition) is 0. The van der Waals surface area contributed by atoms with Gasteiger partial charge in [-0.2, -0.15) is 0 Å². The zero-order chi connectivity index (χ0) is 16.9. The molecule has 1 aliphatic heterocycles. The molecule has 24 heavy (non-hydrogen) atoms. The molecule has 0 nitrogen and oxygen atoms in total. The van der Waals surface area contributed by atoms with Crippen LogP contribution in [0.3, 0.4) is 0 Å². The molecule has 1 radical (unpaired) electrons. The van der Waals surface area contributed by atoms with Gasteiger partial charge in [0.1, 0.15) is 0 Å². The van der Waals surface area contributed by atoms with Crippen molar-refractivity contribution in [1.82, 2.24) is 0 Å². The highest BCUT2D eigenvalue weighted by molar-refractivity contribution is 6.60. The van der Waals surface area contributed by atoms with Crippen LogP contribution in [0.1, 0.15) is 38.7 Å². The lowest BCUT2D eigenvalue weighted by Gasteiger charge is -2.29. The molecular weight excluding hydrogens is 328 g/mol. The third-order valence-electron chi connectivity index (χ3n) is 5.54. The molecule has 0 amide bonds. The molecule has 0 spiro atoms. The summed E-state index contributed by atoms with van der Waals surface area (Å²) in [5.74, 6) is 0.966. The maximum Gasteiger partial charge on any atom is 0.0506 e. The number of hydrogen-bond donors (Lipinski definition) is 0. The van der Waals surface area contributed by atoms with Crippen LogP contribution in [0.2, 0.25) is 22.7 Å². The summed E-state index contributed by atoms with van der Waals surface area (Å²) in [5, 5.41) is 0.796. The van der Waals surface area contributed by atoms with Crippen molar-refractivity contribution >= 4 is 20.4 Å². The zero-order valence-electron chi connectivity index (χ0n) is 14.9.